The lowest BCUT2D eigenvalue weighted by atomic mass is 10.1. The number of sulfonamides is 1. The first kappa shape index (κ1) is 24.5. The molecule has 2 heterocycles. The van der Waals surface area contributed by atoms with Crippen LogP contribution in [-0.4, -0.2) is 56.9 Å². The number of benzene rings is 3. The number of piperazine rings is 1. The molecule has 0 atom stereocenters. The Bertz CT molecular complexity index is 1380. The number of hydrogen-bond acceptors (Lipinski definition) is 5. The molecule has 188 valence electrons. The molecule has 2 aliphatic rings. The van der Waals surface area contributed by atoms with Gasteiger partial charge in [-0.15, -0.1) is 0 Å². The van der Waals surface area contributed by atoms with Crippen molar-refractivity contribution in [3.63, 3.8) is 0 Å². The topological polar surface area (TPSA) is 64.2 Å². The van der Waals surface area contributed by atoms with Crippen molar-refractivity contribution in [2.24, 2.45) is 0 Å². The van der Waals surface area contributed by atoms with Crippen LogP contribution in [0, 0.1) is 5.82 Å². The second kappa shape index (κ2) is 9.72. The Kier molecular flexibility index (Phi) is 6.63. The molecule has 0 saturated carbocycles. The van der Waals surface area contributed by atoms with Gasteiger partial charge >= 0.3 is 6.03 Å². The van der Waals surface area contributed by atoms with E-state index in [9.17, 15) is 17.6 Å². The van der Waals surface area contributed by atoms with Gasteiger partial charge < -0.3 is 9.80 Å². The molecule has 2 aliphatic heterocycles. The molecule has 1 saturated heterocycles. The lowest BCUT2D eigenvalue weighted by Gasteiger charge is -2.40. The van der Waals surface area contributed by atoms with Crippen molar-refractivity contribution in [3.8, 4) is 0 Å². The predicted octanol–water partition coefficient (Wildman–Crippen LogP) is 4.56. The zero-order chi connectivity index (χ0) is 25.4. The molecular weight excluding hydrogens is 503 g/mol. The maximum absolute atomic E-state index is 14.0. The van der Waals surface area contributed by atoms with Crippen LogP contribution >= 0.6 is 11.6 Å². The fourth-order valence-electron chi connectivity index (χ4n) is 4.59. The molecule has 0 radical (unpaired) electrons. The summed E-state index contributed by atoms with van der Waals surface area (Å²) in [6.07, 6.45) is 0. The number of fused-ring (bicyclic) bond motifs is 1. The van der Waals surface area contributed by atoms with E-state index in [1.54, 1.807) is 12.1 Å². The maximum Gasteiger partial charge on any atom is 0.339 e. The van der Waals surface area contributed by atoms with Gasteiger partial charge in [0, 0.05) is 31.2 Å². The van der Waals surface area contributed by atoms with E-state index < -0.39 is 21.9 Å². The summed E-state index contributed by atoms with van der Waals surface area (Å²) in [5.41, 5.74) is 2.10. The number of likely N-dealkylation sites (N-methyl/N-ethyl adjacent to an activating group) is 1. The first-order chi connectivity index (χ1) is 17.2. The van der Waals surface area contributed by atoms with Crippen LogP contribution in [-0.2, 0) is 23.1 Å². The number of carbonyl (C=O) groups excluding carboxylic acids is 1. The lowest BCUT2D eigenvalue weighted by Crippen LogP contribution is -2.51. The molecule has 5 rings (SSSR count). The average Bonchev–Trinajstić information content (AvgIpc) is 2.86. The zero-order valence-electron chi connectivity index (χ0n) is 19.8. The number of rotatable bonds is 5. The molecule has 7 nitrogen and oxygen atoms in total. The van der Waals surface area contributed by atoms with E-state index in [2.05, 4.69) is 4.90 Å². The highest BCUT2D eigenvalue weighted by molar-refractivity contribution is 7.90. The Morgan fingerprint density at radius 1 is 0.861 bits per heavy atom. The molecule has 0 spiro atoms. The number of nitrogens with zero attached hydrogens (tertiary/aromatic N) is 4. The fraction of sp³-hybridized carbons (Fsp3) is 0.269. The van der Waals surface area contributed by atoms with E-state index in [0.29, 0.717) is 29.4 Å². The first-order valence-corrected chi connectivity index (χ1v) is 13.5. The number of hydrogen-bond donors (Lipinski definition) is 0. The van der Waals surface area contributed by atoms with Crippen molar-refractivity contribution in [3.05, 3.63) is 88.7 Å². The first-order valence-electron chi connectivity index (χ1n) is 11.6. The third-order valence-corrected chi connectivity index (χ3v) is 8.58. The molecule has 0 unspecified atom stereocenters. The summed E-state index contributed by atoms with van der Waals surface area (Å²) < 4.78 is 42.5. The molecule has 0 N–H and O–H groups in total. The van der Waals surface area contributed by atoms with Gasteiger partial charge in [0.25, 0.3) is 10.0 Å². The summed E-state index contributed by atoms with van der Waals surface area (Å²) in [4.78, 5) is 19.5. The van der Waals surface area contributed by atoms with Crippen LogP contribution in [0.5, 0.6) is 0 Å². The Morgan fingerprint density at radius 2 is 1.47 bits per heavy atom. The molecule has 3 aromatic carbocycles. The molecule has 0 aromatic heterocycles. The molecule has 0 aliphatic carbocycles. The summed E-state index contributed by atoms with van der Waals surface area (Å²) >= 11 is 6.50. The molecule has 2 amide bonds. The molecule has 3 aromatic rings. The second-order valence-corrected chi connectivity index (χ2v) is 11.3. The number of halogens is 2. The minimum absolute atomic E-state index is 0.0640. The number of anilines is 2. The van der Waals surface area contributed by atoms with Gasteiger partial charge in [-0.25, -0.2) is 21.9 Å². The molecule has 1 fully saturated rings. The van der Waals surface area contributed by atoms with Crippen LogP contribution in [0.4, 0.5) is 20.6 Å². The van der Waals surface area contributed by atoms with Crippen molar-refractivity contribution in [1.29, 1.82) is 0 Å². The quantitative estimate of drug-likeness (QED) is 0.486. The summed E-state index contributed by atoms with van der Waals surface area (Å²) in [7, 11) is -2.22. The van der Waals surface area contributed by atoms with Crippen molar-refractivity contribution in [2.45, 2.75) is 18.0 Å². The normalized spacial score (nSPS) is 17.9. The summed E-state index contributed by atoms with van der Waals surface area (Å²) in [5.74, 6) is -0.436. The van der Waals surface area contributed by atoms with Gasteiger partial charge in [0.2, 0.25) is 0 Å². The SMILES string of the molecule is CN1CCN(c2cc(Cl)cc3c2S(=O)(=O)N(Cc2ccc(F)cc2)C(=O)N3Cc2ccccc2)CC1. The molecule has 10 heteroatoms. The molecular formula is C26H26ClFN4O3S. The van der Waals surface area contributed by atoms with Crippen molar-refractivity contribution < 1.29 is 17.6 Å². The summed E-state index contributed by atoms with van der Waals surface area (Å²) in [5, 5.41) is 0.357. The van der Waals surface area contributed by atoms with Crippen LogP contribution in [0.1, 0.15) is 11.1 Å². The summed E-state index contributed by atoms with van der Waals surface area (Å²) in [6, 6.07) is 17.4. The molecule has 36 heavy (non-hydrogen) atoms. The van der Waals surface area contributed by atoms with E-state index in [0.717, 1.165) is 23.0 Å². The highest BCUT2D eigenvalue weighted by Gasteiger charge is 2.44. The smallest absolute Gasteiger partial charge is 0.339 e. The Balaban J connectivity index is 1.65. The van der Waals surface area contributed by atoms with Crippen molar-refractivity contribution >= 4 is 39.0 Å². The van der Waals surface area contributed by atoms with Gasteiger partial charge in [-0.1, -0.05) is 54.1 Å². The van der Waals surface area contributed by atoms with Crippen molar-refractivity contribution in [1.82, 2.24) is 9.21 Å². The Morgan fingerprint density at radius 3 is 2.14 bits per heavy atom. The lowest BCUT2D eigenvalue weighted by molar-refractivity contribution is 0.226. The minimum atomic E-state index is -4.24. The van der Waals surface area contributed by atoms with Gasteiger partial charge in [-0.2, -0.15) is 0 Å². The zero-order valence-corrected chi connectivity index (χ0v) is 21.3. The molecule has 0 bridgehead atoms. The monoisotopic (exact) mass is 528 g/mol. The second-order valence-electron chi connectivity index (χ2n) is 9.06. The van der Waals surface area contributed by atoms with Crippen LogP contribution in [0.15, 0.2) is 71.6 Å². The van der Waals surface area contributed by atoms with Crippen LogP contribution in [0.2, 0.25) is 5.02 Å². The average molecular weight is 529 g/mol. The van der Waals surface area contributed by atoms with Crippen molar-refractivity contribution in [2.75, 3.05) is 43.0 Å². The van der Waals surface area contributed by atoms with E-state index >= 15 is 0 Å². The van der Waals surface area contributed by atoms with Crippen LogP contribution in [0.25, 0.3) is 0 Å². The van der Waals surface area contributed by atoms with Crippen LogP contribution < -0.4 is 9.80 Å². The van der Waals surface area contributed by atoms with Gasteiger partial charge in [0.1, 0.15) is 10.7 Å². The third kappa shape index (κ3) is 4.66. The van der Waals surface area contributed by atoms with E-state index in [4.69, 9.17) is 11.6 Å². The number of amides is 2. The third-order valence-electron chi connectivity index (χ3n) is 6.56. The minimum Gasteiger partial charge on any atom is -0.368 e. The standard InChI is InChI=1S/C26H26ClFN4O3S/c1-29-11-13-30(14-12-29)23-15-21(27)16-24-25(23)36(34,35)32(18-20-7-9-22(28)10-8-20)26(33)31(24)17-19-5-3-2-4-6-19/h2-10,15-16H,11-14,17-18H2,1H3. The van der Waals surface area contributed by atoms with Crippen LogP contribution in [0.3, 0.4) is 0 Å². The number of urea groups is 1. The Labute approximate surface area is 215 Å². The van der Waals surface area contributed by atoms with E-state index in [-0.39, 0.29) is 23.7 Å². The van der Waals surface area contributed by atoms with Gasteiger partial charge in [-0.05, 0) is 42.4 Å². The largest absolute Gasteiger partial charge is 0.368 e. The van der Waals surface area contributed by atoms with E-state index in [1.807, 2.05) is 42.3 Å². The van der Waals surface area contributed by atoms with Gasteiger partial charge in [0.15, 0.2) is 0 Å². The number of carbonyl (C=O) groups is 1. The van der Waals surface area contributed by atoms with E-state index in [1.165, 1.54) is 29.2 Å². The predicted molar refractivity (Wildman–Crippen MR) is 138 cm³/mol. The highest BCUT2D eigenvalue weighted by atomic mass is 35.5. The Hall–Kier alpha value is -3.14. The maximum atomic E-state index is 14.0. The fourth-order valence-corrected chi connectivity index (χ4v) is 6.53. The van der Waals surface area contributed by atoms with Gasteiger partial charge in [-0.3, -0.25) is 4.90 Å². The van der Waals surface area contributed by atoms with Gasteiger partial charge in [0.05, 0.1) is 24.5 Å². The summed E-state index contributed by atoms with van der Waals surface area (Å²) in [6.45, 7) is 2.76. The highest BCUT2D eigenvalue weighted by Crippen LogP contribution is 2.44.